The van der Waals surface area contributed by atoms with Crippen LogP contribution in [0.4, 0.5) is 18.9 Å². The molecular formula is C27H32F3NO4. The maximum atomic E-state index is 12.8. The van der Waals surface area contributed by atoms with E-state index in [1.165, 1.54) is 36.3 Å². The van der Waals surface area contributed by atoms with Gasteiger partial charge in [0, 0.05) is 12.2 Å². The van der Waals surface area contributed by atoms with Gasteiger partial charge in [-0.1, -0.05) is 45.0 Å². The molecular weight excluding hydrogens is 459 g/mol. The summed E-state index contributed by atoms with van der Waals surface area (Å²) in [6.45, 7) is 7.18. The Morgan fingerprint density at radius 2 is 1.40 bits per heavy atom. The van der Waals surface area contributed by atoms with E-state index in [0.717, 1.165) is 31.2 Å². The average Bonchev–Trinajstić information content (AvgIpc) is 2.81. The van der Waals surface area contributed by atoms with E-state index in [0.29, 0.717) is 23.7 Å². The van der Waals surface area contributed by atoms with Gasteiger partial charge in [-0.3, -0.25) is 4.79 Å². The number of amides is 1. The highest BCUT2D eigenvalue weighted by atomic mass is 19.4. The molecule has 1 aliphatic carbocycles. The SMILES string of the molecule is COC(=O)C(=O)N(C[C@H]1CC[C@H](C(C)(C)C)CC1)c1ccc(-c2ccc(OC(F)(F)F)cc2)cc1. The molecule has 0 spiro atoms. The van der Waals surface area contributed by atoms with Crippen LogP contribution in [0.3, 0.4) is 0 Å². The summed E-state index contributed by atoms with van der Waals surface area (Å²) in [4.78, 5) is 26.4. The highest BCUT2D eigenvalue weighted by molar-refractivity contribution is 6.38. The van der Waals surface area contributed by atoms with Crippen molar-refractivity contribution in [1.29, 1.82) is 0 Å². The summed E-state index contributed by atoms with van der Waals surface area (Å²) in [5, 5.41) is 0. The van der Waals surface area contributed by atoms with Gasteiger partial charge in [-0.2, -0.15) is 0 Å². The number of methoxy groups -OCH3 is 1. The molecule has 8 heteroatoms. The first-order valence-corrected chi connectivity index (χ1v) is 11.7. The van der Waals surface area contributed by atoms with Crippen molar-refractivity contribution in [3.05, 3.63) is 48.5 Å². The predicted molar refractivity (Wildman–Crippen MR) is 128 cm³/mol. The number of rotatable bonds is 5. The van der Waals surface area contributed by atoms with Crippen LogP contribution in [-0.2, 0) is 14.3 Å². The number of halogens is 3. The van der Waals surface area contributed by atoms with E-state index >= 15 is 0 Å². The van der Waals surface area contributed by atoms with Crippen molar-refractivity contribution < 1.29 is 32.2 Å². The number of carbonyl (C=O) groups is 2. The highest BCUT2D eigenvalue weighted by Crippen LogP contribution is 2.40. The molecule has 0 saturated heterocycles. The Morgan fingerprint density at radius 3 is 1.86 bits per heavy atom. The zero-order valence-corrected chi connectivity index (χ0v) is 20.5. The summed E-state index contributed by atoms with van der Waals surface area (Å²) in [6.07, 6.45) is -0.609. The van der Waals surface area contributed by atoms with Gasteiger partial charge in [0.05, 0.1) is 7.11 Å². The number of ether oxygens (including phenoxy) is 2. The second-order valence-electron chi connectivity index (χ2n) is 10.1. The number of hydrogen-bond acceptors (Lipinski definition) is 4. The summed E-state index contributed by atoms with van der Waals surface area (Å²) >= 11 is 0. The molecule has 0 aliphatic heterocycles. The Hall–Kier alpha value is -3.03. The van der Waals surface area contributed by atoms with E-state index < -0.39 is 18.2 Å². The van der Waals surface area contributed by atoms with Gasteiger partial charge in [-0.25, -0.2) is 4.79 Å². The molecule has 1 fully saturated rings. The lowest BCUT2D eigenvalue weighted by Crippen LogP contribution is -2.41. The molecule has 1 amide bonds. The van der Waals surface area contributed by atoms with Crippen molar-refractivity contribution >= 4 is 17.6 Å². The minimum Gasteiger partial charge on any atom is -0.462 e. The van der Waals surface area contributed by atoms with Gasteiger partial charge < -0.3 is 14.4 Å². The number of carbonyl (C=O) groups excluding carboxylic acids is 2. The van der Waals surface area contributed by atoms with Crippen LogP contribution in [0.1, 0.15) is 46.5 Å². The van der Waals surface area contributed by atoms with E-state index in [1.807, 2.05) is 0 Å². The highest BCUT2D eigenvalue weighted by Gasteiger charge is 2.33. The van der Waals surface area contributed by atoms with Crippen molar-refractivity contribution in [2.24, 2.45) is 17.3 Å². The third kappa shape index (κ3) is 7.23. The first-order chi connectivity index (χ1) is 16.4. The maximum Gasteiger partial charge on any atom is 0.573 e. The fraction of sp³-hybridized carbons (Fsp3) is 0.481. The molecule has 2 aromatic carbocycles. The standard InChI is InChI=1S/C27H32F3NO4/c1-26(2,3)21-11-5-18(6-12-21)17-31(24(32)25(33)34-4)22-13-7-19(8-14-22)20-9-15-23(16-10-20)35-27(28,29)30/h7-10,13-16,18,21H,5-6,11-12,17H2,1-4H3/t18-,21-. The van der Waals surface area contributed by atoms with Crippen LogP contribution in [-0.4, -0.2) is 31.9 Å². The van der Waals surface area contributed by atoms with E-state index in [-0.39, 0.29) is 17.1 Å². The molecule has 190 valence electrons. The number of hydrogen-bond donors (Lipinski definition) is 0. The smallest absolute Gasteiger partial charge is 0.462 e. The average molecular weight is 492 g/mol. The molecule has 5 nitrogen and oxygen atoms in total. The lowest BCUT2D eigenvalue weighted by molar-refractivity contribution is -0.274. The van der Waals surface area contributed by atoms with Crippen molar-refractivity contribution in [1.82, 2.24) is 0 Å². The van der Waals surface area contributed by atoms with Crippen LogP contribution in [0.15, 0.2) is 48.5 Å². The third-order valence-corrected chi connectivity index (χ3v) is 6.72. The first kappa shape index (κ1) is 26.6. The quantitative estimate of drug-likeness (QED) is 0.349. The van der Waals surface area contributed by atoms with Crippen LogP contribution in [0.25, 0.3) is 11.1 Å². The zero-order valence-electron chi connectivity index (χ0n) is 20.5. The number of alkyl halides is 3. The summed E-state index contributed by atoms with van der Waals surface area (Å²) in [5.74, 6) is -1.02. The van der Waals surface area contributed by atoms with Crippen LogP contribution >= 0.6 is 0 Å². The number of anilines is 1. The molecule has 0 unspecified atom stereocenters. The van der Waals surface area contributed by atoms with Gasteiger partial charge in [0.2, 0.25) is 0 Å². The van der Waals surface area contributed by atoms with Crippen molar-refractivity contribution in [3.8, 4) is 16.9 Å². The van der Waals surface area contributed by atoms with Crippen LogP contribution in [0, 0.1) is 17.3 Å². The second kappa shape index (κ2) is 10.7. The van der Waals surface area contributed by atoms with E-state index in [9.17, 15) is 22.8 Å². The zero-order chi connectivity index (χ0) is 25.8. The second-order valence-corrected chi connectivity index (χ2v) is 10.1. The van der Waals surface area contributed by atoms with Gasteiger partial charge >= 0.3 is 18.2 Å². The monoisotopic (exact) mass is 491 g/mol. The van der Waals surface area contributed by atoms with E-state index in [1.54, 1.807) is 24.3 Å². The maximum absolute atomic E-state index is 12.8. The molecule has 1 aliphatic rings. The molecule has 0 N–H and O–H groups in total. The molecule has 0 bridgehead atoms. The molecule has 0 atom stereocenters. The summed E-state index contributed by atoms with van der Waals surface area (Å²) in [5.41, 5.74) is 2.26. The van der Waals surface area contributed by atoms with Gasteiger partial charge in [-0.15, -0.1) is 13.2 Å². The van der Waals surface area contributed by atoms with E-state index in [4.69, 9.17) is 0 Å². The van der Waals surface area contributed by atoms with Gasteiger partial charge in [0.1, 0.15) is 5.75 Å². The lowest BCUT2D eigenvalue weighted by Gasteiger charge is -2.38. The summed E-state index contributed by atoms with van der Waals surface area (Å²) in [7, 11) is 1.18. The molecule has 35 heavy (non-hydrogen) atoms. The molecule has 0 radical (unpaired) electrons. The van der Waals surface area contributed by atoms with Crippen molar-refractivity contribution in [3.63, 3.8) is 0 Å². The molecule has 2 aromatic rings. The number of nitrogens with zero attached hydrogens (tertiary/aromatic N) is 1. The first-order valence-electron chi connectivity index (χ1n) is 11.7. The molecule has 1 saturated carbocycles. The molecule has 0 heterocycles. The fourth-order valence-electron chi connectivity index (χ4n) is 4.66. The van der Waals surface area contributed by atoms with E-state index in [2.05, 4.69) is 30.2 Å². The normalized spacial score (nSPS) is 18.6. The van der Waals surface area contributed by atoms with Crippen LogP contribution in [0.2, 0.25) is 0 Å². The predicted octanol–water partition coefficient (Wildman–Crippen LogP) is 6.61. The van der Waals surface area contributed by atoms with Crippen molar-refractivity contribution in [2.75, 3.05) is 18.6 Å². The summed E-state index contributed by atoms with van der Waals surface area (Å²) in [6, 6.07) is 12.6. The van der Waals surface area contributed by atoms with Gasteiger partial charge in [0.15, 0.2) is 0 Å². The van der Waals surface area contributed by atoms with Crippen LogP contribution < -0.4 is 9.64 Å². The fourth-order valence-corrected chi connectivity index (χ4v) is 4.66. The molecule has 0 aromatic heterocycles. The topological polar surface area (TPSA) is 55.8 Å². The molecule has 3 rings (SSSR count). The largest absolute Gasteiger partial charge is 0.573 e. The number of esters is 1. The Morgan fingerprint density at radius 1 is 0.886 bits per heavy atom. The Bertz CT molecular complexity index is 1000. The third-order valence-electron chi connectivity index (χ3n) is 6.72. The van der Waals surface area contributed by atoms with Gasteiger partial charge in [0.25, 0.3) is 0 Å². The van der Waals surface area contributed by atoms with Gasteiger partial charge in [-0.05, 0) is 78.3 Å². The lowest BCUT2D eigenvalue weighted by atomic mass is 9.70. The van der Waals surface area contributed by atoms with Crippen LogP contribution in [0.5, 0.6) is 5.75 Å². The minimum atomic E-state index is -4.75. The minimum absolute atomic E-state index is 0.249. The van der Waals surface area contributed by atoms with Crippen molar-refractivity contribution in [2.45, 2.75) is 52.8 Å². The number of benzene rings is 2. The summed E-state index contributed by atoms with van der Waals surface area (Å²) < 4.78 is 45.7. The Balaban J connectivity index is 1.75. The Labute approximate surface area is 204 Å². The Kier molecular flexibility index (Phi) is 8.13.